The zero-order chi connectivity index (χ0) is 10.8. The van der Waals surface area contributed by atoms with Crippen molar-refractivity contribution in [3.8, 4) is 6.07 Å². The van der Waals surface area contributed by atoms with Gasteiger partial charge in [0.15, 0.2) is 0 Å². The van der Waals surface area contributed by atoms with Crippen LogP contribution in [-0.4, -0.2) is 17.6 Å². The van der Waals surface area contributed by atoms with Gasteiger partial charge in [0.05, 0.1) is 0 Å². The van der Waals surface area contributed by atoms with Crippen LogP contribution in [0.3, 0.4) is 0 Å². The van der Waals surface area contributed by atoms with Crippen LogP contribution in [-0.2, 0) is 0 Å². The summed E-state index contributed by atoms with van der Waals surface area (Å²) in [4.78, 5) is 6.34. The van der Waals surface area contributed by atoms with Gasteiger partial charge in [-0.15, -0.1) is 0 Å². The number of nitriles is 1. The fraction of sp³-hybridized carbons (Fsp3) is 0.500. The molecule has 2 unspecified atom stereocenters. The molecule has 2 atom stereocenters. The summed E-state index contributed by atoms with van der Waals surface area (Å²) in [5.74, 6) is 0.735. The average Bonchev–Trinajstić information content (AvgIpc) is 2.58. The third-order valence-corrected chi connectivity index (χ3v) is 2.97. The van der Waals surface area contributed by atoms with E-state index in [2.05, 4.69) is 29.8 Å². The molecule has 0 radical (unpaired) electrons. The van der Waals surface area contributed by atoms with Crippen molar-refractivity contribution < 1.29 is 0 Å². The fourth-order valence-corrected chi connectivity index (χ4v) is 2.32. The topological polar surface area (TPSA) is 39.9 Å². The van der Waals surface area contributed by atoms with Crippen molar-refractivity contribution in [1.29, 1.82) is 5.26 Å². The van der Waals surface area contributed by atoms with E-state index in [9.17, 15) is 0 Å². The van der Waals surface area contributed by atoms with Crippen molar-refractivity contribution in [3.05, 3.63) is 24.0 Å². The molecule has 2 rings (SSSR count). The lowest BCUT2D eigenvalue weighted by atomic mass is 10.1. The van der Waals surface area contributed by atoms with Gasteiger partial charge in [-0.3, -0.25) is 0 Å². The van der Waals surface area contributed by atoms with E-state index >= 15 is 0 Å². The number of aromatic nitrogens is 1. The minimum atomic E-state index is 0.499. The molecule has 0 aromatic carbocycles. The Morgan fingerprint density at radius 1 is 1.53 bits per heavy atom. The van der Waals surface area contributed by atoms with Crippen LogP contribution in [0.1, 0.15) is 26.0 Å². The van der Waals surface area contributed by atoms with E-state index in [0.29, 0.717) is 11.7 Å². The summed E-state index contributed by atoms with van der Waals surface area (Å²) in [5.41, 5.74) is 1.62. The highest BCUT2D eigenvalue weighted by Gasteiger charge is 2.26. The molecule has 0 bridgehead atoms. The molecule has 1 aliphatic heterocycles. The van der Waals surface area contributed by atoms with E-state index < -0.39 is 0 Å². The van der Waals surface area contributed by atoms with Crippen LogP contribution in [0.4, 0.5) is 5.69 Å². The number of nitrogens with zero attached hydrogens (tertiary/aromatic N) is 3. The first kappa shape index (κ1) is 9.97. The molecular formula is C12H15N3. The van der Waals surface area contributed by atoms with E-state index in [-0.39, 0.29) is 0 Å². The zero-order valence-corrected chi connectivity index (χ0v) is 9.14. The van der Waals surface area contributed by atoms with Gasteiger partial charge in [-0.2, -0.15) is 5.26 Å². The van der Waals surface area contributed by atoms with Crippen LogP contribution in [0.25, 0.3) is 0 Å². The molecule has 0 amide bonds. The summed E-state index contributed by atoms with van der Waals surface area (Å²) in [7, 11) is 0. The third-order valence-electron chi connectivity index (χ3n) is 2.97. The summed E-state index contributed by atoms with van der Waals surface area (Å²) < 4.78 is 0. The second-order valence-electron chi connectivity index (χ2n) is 4.35. The highest BCUT2D eigenvalue weighted by molar-refractivity contribution is 5.50. The molecule has 1 fully saturated rings. The molecular weight excluding hydrogens is 186 g/mol. The minimum absolute atomic E-state index is 0.499. The molecule has 2 heterocycles. The minimum Gasteiger partial charge on any atom is -0.368 e. The molecule has 15 heavy (non-hydrogen) atoms. The van der Waals surface area contributed by atoms with Crippen molar-refractivity contribution in [3.63, 3.8) is 0 Å². The van der Waals surface area contributed by atoms with E-state index in [1.165, 1.54) is 6.42 Å². The van der Waals surface area contributed by atoms with Gasteiger partial charge in [0.1, 0.15) is 11.8 Å². The predicted octanol–water partition coefficient (Wildman–Crippen LogP) is 2.19. The molecule has 0 saturated carbocycles. The first-order valence-corrected chi connectivity index (χ1v) is 5.33. The van der Waals surface area contributed by atoms with Crippen LogP contribution in [0.5, 0.6) is 0 Å². The standard InChI is InChI=1S/C12H15N3/c1-9-5-10(2)15(8-9)12-3-4-14-11(6-12)7-13/h3-4,6,9-10H,5,8H2,1-2H3. The molecule has 0 aliphatic carbocycles. The second kappa shape index (κ2) is 3.90. The number of pyridine rings is 1. The number of hydrogen-bond donors (Lipinski definition) is 0. The monoisotopic (exact) mass is 201 g/mol. The predicted molar refractivity (Wildman–Crippen MR) is 59.5 cm³/mol. The average molecular weight is 201 g/mol. The molecule has 3 heteroatoms. The van der Waals surface area contributed by atoms with Gasteiger partial charge >= 0.3 is 0 Å². The molecule has 1 aliphatic rings. The summed E-state index contributed by atoms with van der Waals surface area (Å²) in [6.07, 6.45) is 2.94. The molecule has 1 saturated heterocycles. The molecule has 3 nitrogen and oxygen atoms in total. The van der Waals surface area contributed by atoms with Crippen molar-refractivity contribution in [2.45, 2.75) is 26.3 Å². The highest BCUT2D eigenvalue weighted by atomic mass is 15.2. The Morgan fingerprint density at radius 3 is 2.93 bits per heavy atom. The van der Waals surface area contributed by atoms with Crippen molar-refractivity contribution in [1.82, 2.24) is 4.98 Å². The Kier molecular flexibility index (Phi) is 2.59. The van der Waals surface area contributed by atoms with Crippen LogP contribution in [0, 0.1) is 17.2 Å². The molecule has 1 aromatic heterocycles. The number of anilines is 1. The van der Waals surface area contributed by atoms with Gasteiger partial charge in [-0.1, -0.05) is 6.92 Å². The van der Waals surface area contributed by atoms with Crippen molar-refractivity contribution in [2.75, 3.05) is 11.4 Å². The van der Waals surface area contributed by atoms with Crippen LogP contribution in [0.15, 0.2) is 18.3 Å². The van der Waals surface area contributed by atoms with Gasteiger partial charge in [0, 0.05) is 24.5 Å². The smallest absolute Gasteiger partial charge is 0.142 e. The van der Waals surface area contributed by atoms with Gasteiger partial charge in [0.2, 0.25) is 0 Å². The van der Waals surface area contributed by atoms with Gasteiger partial charge in [0.25, 0.3) is 0 Å². The first-order valence-electron chi connectivity index (χ1n) is 5.33. The Labute approximate surface area is 90.4 Å². The van der Waals surface area contributed by atoms with E-state index in [1.807, 2.05) is 12.1 Å². The number of hydrogen-bond acceptors (Lipinski definition) is 3. The van der Waals surface area contributed by atoms with E-state index in [4.69, 9.17) is 5.26 Å². The maximum Gasteiger partial charge on any atom is 0.142 e. The molecule has 0 spiro atoms. The Bertz CT molecular complexity index is 394. The SMILES string of the molecule is CC1CC(C)N(c2ccnc(C#N)c2)C1. The third kappa shape index (κ3) is 1.94. The normalized spacial score (nSPS) is 25.3. The molecule has 1 aromatic rings. The largest absolute Gasteiger partial charge is 0.368 e. The number of rotatable bonds is 1. The van der Waals surface area contributed by atoms with E-state index in [0.717, 1.165) is 18.2 Å². The van der Waals surface area contributed by atoms with Gasteiger partial charge in [-0.25, -0.2) is 4.98 Å². The van der Waals surface area contributed by atoms with Crippen molar-refractivity contribution in [2.24, 2.45) is 5.92 Å². The summed E-state index contributed by atoms with van der Waals surface area (Å²) in [6.45, 7) is 5.58. The van der Waals surface area contributed by atoms with E-state index in [1.54, 1.807) is 6.20 Å². The van der Waals surface area contributed by atoms with Crippen LogP contribution < -0.4 is 4.90 Å². The lowest BCUT2D eigenvalue weighted by Gasteiger charge is -2.23. The van der Waals surface area contributed by atoms with Crippen LogP contribution >= 0.6 is 0 Å². The maximum absolute atomic E-state index is 8.79. The summed E-state index contributed by atoms with van der Waals surface area (Å²) >= 11 is 0. The quantitative estimate of drug-likeness (QED) is 0.699. The lowest BCUT2D eigenvalue weighted by Crippen LogP contribution is -2.26. The Balaban J connectivity index is 2.26. The van der Waals surface area contributed by atoms with Crippen molar-refractivity contribution >= 4 is 5.69 Å². The maximum atomic E-state index is 8.79. The lowest BCUT2D eigenvalue weighted by molar-refractivity contribution is 0.625. The molecule has 78 valence electrons. The van der Waals surface area contributed by atoms with Gasteiger partial charge < -0.3 is 4.90 Å². The zero-order valence-electron chi connectivity index (χ0n) is 9.14. The Morgan fingerprint density at radius 2 is 2.33 bits per heavy atom. The highest BCUT2D eigenvalue weighted by Crippen LogP contribution is 2.28. The second-order valence-corrected chi connectivity index (χ2v) is 4.35. The van der Waals surface area contributed by atoms with Crippen LogP contribution in [0.2, 0.25) is 0 Å². The fourth-order valence-electron chi connectivity index (χ4n) is 2.32. The summed E-state index contributed by atoms with van der Waals surface area (Å²) in [6, 6.07) is 6.49. The molecule has 0 N–H and O–H groups in total. The first-order chi connectivity index (χ1) is 7.20. The van der Waals surface area contributed by atoms with Gasteiger partial charge in [-0.05, 0) is 31.4 Å². The summed E-state index contributed by atoms with van der Waals surface area (Å²) in [5, 5.41) is 8.79. The Hall–Kier alpha value is -1.56.